The van der Waals surface area contributed by atoms with Gasteiger partial charge in [0.05, 0.1) is 26.4 Å². The van der Waals surface area contributed by atoms with Gasteiger partial charge in [-0.05, 0) is 75.4 Å². The molecule has 4 aromatic rings. The summed E-state index contributed by atoms with van der Waals surface area (Å²) in [4.78, 5) is 12.4. The van der Waals surface area contributed by atoms with E-state index in [1.807, 2.05) is 0 Å². The molecular weight excluding hydrogens is 791 g/mol. The average Bonchev–Trinajstić information content (AvgIpc) is 3.59. The Balaban J connectivity index is 0.000000213. The first-order valence-electron chi connectivity index (χ1n) is 22.3. The number of ether oxygens (including phenoxy) is 2. The Morgan fingerprint density at radius 1 is 0.508 bits per heavy atom. The van der Waals surface area contributed by atoms with Crippen molar-refractivity contribution < 1.29 is 24.5 Å². The summed E-state index contributed by atoms with van der Waals surface area (Å²) >= 11 is 0. The fourth-order valence-corrected chi connectivity index (χ4v) is 19.2. The van der Waals surface area contributed by atoms with Crippen molar-refractivity contribution in [1.82, 2.24) is 0 Å². The Labute approximate surface area is 372 Å². The Bertz CT molecular complexity index is 2040. The van der Waals surface area contributed by atoms with Gasteiger partial charge in [-0.3, -0.25) is 4.79 Å². The monoisotopic (exact) mass is 867 g/mol. The van der Waals surface area contributed by atoms with Gasteiger partial charge in [-0.2, -0.15) is 0 Å². The predicted molar refractivity (Wildman–Crippen MR) is 263 cm³/mol. The van der Waals surface area contributed by atoms with E-state index in [0.717, 1.165) is 26.1 Å². The lowest BCUT2D eigenvalue weighted by Crippen LogP contribution is -2.52. The molecule has 0 atom stereocenters. The van der Waals surface area contributed by atoms with Gasteiger partial charge in [0.1, 0.15) is 5.78 Å². The predicted octanol–water partition coefficient (Wildman–Crippen LogP) is 12.5. The molecule has 0 amide bonds. The molecule has 4 aromatic carbocycles. The van der Waals surface area contributed by atoms with Crippen molar-refractivity contribution in [2.24, 2.45) is 0 Å². The first kappa shape index (κ1) is 49.3. The number of carbonyl (C=O) groups excluding carboxylic acids is 1. The van der Waals surface area contributed by atoms with Crippen LogP contribution in [0.1, 0.15) is 134 Å². The summed E-state index contributed by atoms with van der Waals surface area (Å²) in [7, 11) is -0.906. The molecule has 61 heavy (non-hydrogen) atoms. The molecule has 332 valence electrons. The topological polar surface area (TPSA) is 76.0 Å². The van der Waals surface area contributed by atoms with E-state index in [2.05, 4.69) is 194 Å². The summed E-state index contributed by atoms with van der Waals surface area (Å²) in [5.74, 6) is 0.0190. The van der Waals surface area contributed by atoms with Gasteiger partial charge < -0.3 is 19.7 Å². The molecule has 0 bridgehead atoms. The van der Waals surface area contributed by atoms with Crippen LogP contribution in [-0.4, -0.2) is 68.8 Å². The zero-order valence-electron chi connectivity index (χ0n) is 39.9. The van der Waals surface area contributed by atoms with Crippen molar-refractivity contribution in [2.75, 3.05) is 26.4 Å². The molecule has 0 radical (unpaired) electrons. The molecule has 3 heterocycles. The maximum atomic E-state index is 12.4. The molecule has 2 N–H and O–H groups in total. The van der Waals surface area contributed by atoms with E-state index in [1.54, 1.807) is 0 Å². The zero-order chi connectivity index (χ0) is 45.2. The standard InChI is InChI=1S/C27H37O2P.C25H33OP.C2H6O2/c1-24(2,3)21-14-12-20(13-15-21)22-10-8-9-11-23(22)30-25(4,5)18-27(19-26(30,6)7)28-16-17-29-27;1-23(2,3)19-14-12-18(13-15-19)21-10-8-9-11-22(21)27-24(4,5)16-20(26)17-25(27,6)7;3-1-2-4/h8-15H,16-19H2,1-7H3;8-15H,16-17H2,1-7H3;3-4H,1-2H2. The second kappa shape index (κ2) is 18.8. The number of carbonyl (C=O) groups is 1. The Morgan fingerprint density at radius 3 is 1.16 bits per heavy atom. The Hall–Kier alpha value is -2.75. The molecule has 3 saturated heterocycles. The third kappa shape index (κ3) is 11.5. The number of hydrogen-bond acceptors (Lipinski definition) is 5. The van der Waals surface area contributed by atoms with Gasteiger partial charge >= 0.3 is 0 Å². The van der Waals surface area contributed by atoms with Crippen LogP contribution in [0.15, 0.2) is 97.1 Å². The minimum absolute atomic E-state index is 0.0234. The summed E-state index contributed by atoms with van der Waals surface area (Å²) in [5, 5.41) is 18.5. The van der Waals surface area contributed by atoms with Crippen LogP contribution in [0.3, 0.4) is 0 Å². The summed E-state index contributed by atoms with van der Waals surface area (Å²) in [6, 6.07) is 36.2. The summed E-state index contributed by atoms with van der Waals surface area (Å²) in [6.45, 7) is 33.6. The third-order valence-electron chi connectivity index (χ3n) is 12.4. The van der Waals surface area contributed by atoms with Gasteiger partial charge in [-0.15, -0.1) is 0 Å². The number of rotatable bonds is 5. The van der Waals surface area contributed by atoms with Crippen LogP contribution >= 0.6 is 15.8 Å². The highest BCUT2D eigenvalue weighted by Crippen LogP contribution is 2.69. The number of ketones is 1. The lowest BCUT2D eigenvalue weighted by atomic mass is 9.86. The normalized spacial score (nSPS) is 20.6. The number of aliphatic hydroxyl groups excluding tert-OH is 2. The maximum Gasteiger partial charge on any atom is 0.170 e. The quantitative estimate of drug-likeness (QED) is 0.195. The molecule has 3 aliphatic rings. The van der Waals surface area contributed by atoms with Crippen molar-refractivity contribution in [3.05, 3.63) is 108 Å². The molecule has 3 aliphatic heterocycles. The van der Waals surface area contributed by atoms with Crippen molar-refractivity contribution in [2.45, 2.75) is 160 Å². The SMILES string of the molecule is CC(C)(C)c1ccc(-c2ccccc2P2C(C)(C)CC(=O)CC2(C)C)cc1.CC(C)(C)c1ccc(-c2ccccc2P2C(C)(C)CC3(CC2(C)C)OCCO3)cc1.OCCO. The first-order chi connectivity index (χ1) is 28.3. The molecule has 5 nitrogen and oxygen atoms in total. The van der Waals surface area contributed by atoms with Crippen LogP contribution in [0.2, 0.25) is 0 Å². The van der Waals surface area contributed by atoms with Crippen molar-refractivity contribution in [3.63, 3.8) is 0 Å². The summed E-state index contributed by atoms with van der Waals surface area (Å²) in [6.07, 6.45) is 3.32. The minimum atomic E-state index is -0.475. The number of hydrogen-bond donors (Lipinski definition) is 2. The highest BCUT2D eigenvalue weighted by atomic mass is 31.1. The van der Waals surface area contributed by atoms with Crippen LogP contribution in [0.4, 0.5) is 0 Å². The zero-order valence-corrected chi connectivity index (χ0v) is 41.7. The van der Waals surface area contributed by atoms with Crippen LogP contribution in [0, 0.1) is 0 Å². The van der Waals surface area contributed by atoms with Crippen LogP contribution < -0.4 is 10.6 Å². The van der Waals surface area contributed by atoms with E-state index >= 15 is 0 Å². The second-order valence-electron chi connectivity index (χ2n) is 21.9. The van der Waals surface area contributed by atoms with Crippen LogP contribution in [0.25, 0.3) is 22.3 Å². The number of aliphatic hydroxyl groups is 2. The van der Waals surface area contributed by atoms with E-state index in [0.29, 0.717) is 18.6 Å². The van der Waals surface area contributed by atoms with E-state index < -0.39 is 21.6 Å². The van der Waals surface area contributed by atoms with Crippen molar-refractivity contribution >= 4 is 32.2 Å². The van der Waals surface area contributed by atoms with Gasteiger partial charge in [-0.1, -0.05) is 210 Å². The summed E-state index contributed by atoms with van der Waals surface area (Å²) < 4.78 is 12.4. The molecule has 0 aromatic heterocycles. The van der Waals surface area contributed by atoms with E-state index in [9.17, 15) is 4.79 Å². The average molecular weight is 867 g/mol. The highest BCUT2D eigenvalue weighted by Gasteiger charge is 2.57. The smallest absolute Gasteiger partial charge is 0.170 e. The highest BCUT2D eigenvalue weighted by molar-refractivity contribution is 7.69. The van der Waals surface area contributed by atoms with Gasteiger partial charge in [-0.25, -0.2) is 0 Å². The van der Waals surface area contributed by atoms with Crippen LogP contribution in [0.5, 0.6) is 0 Å². The molecule has 0 unspecified atom stereocenters. The number of Topliss-reactive ketones (excluding diaryl/α,β-unsaturated/α-hetero) is 1. The molecule has 7 rings (SSSR count). The fourth-order valence-electron chi connectivity index (χ4n) is 10.5. The van der Waals surface area contributed by atoms with Gasteiger partial charge in [0, 0.05) is 25.7 Å². The van der Waals surface area contributed by atoms with Gasteiger partial charge in [0.25, 0.3) is 0 Å². The second-order valence-corrected chi connectivity index (χ2v) is 29.1. The molecule has 0 aliphatic carbocycles. The van der Waals surface area contributed by atoms with Crippen LogP contribution in [-0.2, 0) is 25.1 Å². The van der Waals surface area contributed by atoms with E-state index in [4.69, 9.17) is 19.7 Å². The Kier molecular flexibility index (Phi) is 15.2. The number of benzene rings is 4. The molecule has 7 heteroatoms. The minimum Gasteiger partial charge on any atom is -0.394 e. The first-order valence-corrected chi connectivity index (χ1v) is 25.0. The largest absolute Gasteiger partial charge is 0.394 e. The lowest BCUT2D eigenvalue weighted by Gasteiger charge is -2.55. The molecular formula is C54H76O5P2. The van der Waals surface area contributed by atoms with E-state index in [1.165, 1.54) is 44.0 Å². The molecule has 1 spiro atoms. The maximum absolute atomic E-state index is 12.4. The summed E-state index contributed by atoms with van der Waals surface area (Å²) in [5.41, 5.74) is 8.39. The van der Waals surface area contributed by atoms with Gasteiger partial charge in [0.2, 0.25) is 0 Å². The fraction of sp³-hybridized carbons (Fsp3) is 0.537. The molecule has 3 fully saturated rings. The van der Waals surface area contributed by atoms with E-state index in [-0.39, 0.29) is 44.7 Å². The lowest BCUT2D eigenvalue weighted by molar-refractivity contribution is -0.178. The van der Waals surface area contributed by atoms with Crippen molar-refractivity contribution in [3.8, 4) is 22.3 Å². The Morgan fingerprint density at radius 2 is 0.836 bits per heavy atom. The van der Waals surface area contributed by atoms with Crippen molar-refractivity contribution in [1.29, 1.82) is 0 Å². The molecule has 0 saturated carbocycles. The third-order valence-corrected chi connectivity index (χ3v) is 19.6. The van der Waals surface area contributed by atoms with Gasteiger partial charge in [0.15, 0.2) is 5.79 Å².